The van der Waals surface area contributed by atoms with Gasteiger partial charge in [0.15, 0.2) is 0 Å². The molecule has 1 unspecified atom stereocenters. The lowest BCUT2D eigenvalue weighted by Gasteiger charge is -2.21. The number of ether oxygens (including phenoxy) is 1. The van der Waals surface area contributed by atoms with E-state index < -0.39 is 0 Å². The van der Waals surface area contributed by atoms with Gasteiger partial charge in [0.25, 0.3) is 0 Å². The van der Waals surface area contributed by atoms with E-state index in [0.29, 0.717) is 12.2 Å². The molecule has 0 fully saturated rings. The third-order valence-corrected chi connectivity index (χ3v) is 5.59. The molecule has 0 saturated carbocycles. The highest BCUT2D eigenvalue weighted by Gasteiger charge is 2.21. The summed E-state index contributed by atoms with van der Waals surface area (Å²) in [5.74, 6) is 2.14. The van der Waals surface area contributed by atoms with Crippen molar-refractivity contribution >= 4 is 22.6 Å². The van der Waals surface area contributed by atoms with E-state index in [1.54, 1.807) is 7.11 Å². The molecular weight excluding hydrogens is 414 g/mol. The third-order valence-electron chi connectivity index (χ3n) is 5.59. The molecule has 4 rings (SSSR count). The summed E-state index contributed by atoms with van der Waals surface area (Å²) in [5, 5.41) is 4.35. The van der Waals surface area contributed by atoms with Crippen LogP contribution >= 0.6 is 0 Å². The normalized spacial score (nSPS) is 11.9. The molecule has 2 N–H and O–H groups in total. The predicted molar refractivity (Wildman–Crippen MR) is 131 cm³/mol. The molecule has 0 bridgehead atoms. The molecule has 2 heterocycles. The first-order valence-electron chi connectivity index (χ1n) is 10.9. The molecule has 0 aliphatic carbocycles. The standard InChI is InChI=1S/C26H29N5O2/c1-17-28-24(15-25(29-17)31(2)3)23(14-19-16-27-22-11-6-5-10-21(19)22)30-26(32)13-18-8-7-9-20(12-18)33-4/h5-12,15-16,23,27H,13-14H2,1-4H3,(H,30,32). The minimum atomic E-state index is -0.303. The number of hydrogen-bond donors (Lipinski definition) is 2. The number of methoxy groups -OCH3 is 1. The number of para-hydroxylation sites is 1. The molecular formula is C26H29N5O2. The Hall–Kier alpha value is -3.87. The largest absolute Gasteiger partial charge is 0.497 e. The topological polar surface area (TPSA) is 83.1 Å². The predicted octanol–water partition coefficient (Wildman–Crippen LogP) is 3.98. The quantitative estimate of drug-likeness (QED) is 0.430. The monoisotopic (exact) mass is 443 g/mol. The van der Waals surface area contributed by atoms with E-state index in [2.05, 4.69) is 26.3 Å². The van der Waals surface area contributed by atoms with Crippen LogP contribution in [0.4, 0.5) is 5.82 Å². The molecule has 0 saturated heterocycles. The number of rotatable bonds is 8. The molecule has 7 heteroatoms. The smallest absolute Gasteiger partial charge is 0.224 e. The van der Waals surface area contributed by atoms with Crippen molar-refractivity contribution in [3.05, 3.63) is 83.4 Å². The number of aryl methyl sites for hydroxylation is 1. The van der Waals surface area contributed by atoms with Crippen molar-refractivity contribution in [3.63, 3.8) is 0 Å². The second kappa shape index (κ2) is 9.73. The highest BCUT2D eigenvalue weighted by Crippen LogP contribution is 2.25. The summed E-state index contributed by atoms with van der Waals surface area (Å²) in [6.07, 6.45) is 2.87. The first-order valence-corrected chi connectivity index (χ1v) is 10.9. The third kappa shape index (κ3) is 5.31. The number of amides is 1. The first-order chi connectivity index (χ1) is 15.9. The molecule has 1 amide bonds. The molecule has 170 valence electrons. The summed E-state index contributed by atoms with van der Waals surface area (Å²) in [6.45, 7) is 1.87. The second-order valence-corrected chi connectivity index (χ2v) is 8.30. The van der Waals surface area contributed by atoms with Crippen LogP contribution in [0.15, 0.2) is 60.8 Å². The Bertz CT molecular complexity index is 1260. The van der Waals surface area contributed by atoms with Crippen LogP contribution < -0.4 is 15.0 Å². The maximum atomic E-state index is 13.1. The molecule has 4 aromatic rings. The average Bonchev–Trinajstić information content (AvgIpc) is 3.21. The molecule has 7 nitrogen and oxygen atoms in total. The van der Waals surface area contributed by atoms with Crippen molar-refractivity contribution in [2.75, 3.05) is 26.1 Å². The molecule has 0 radical (unpaired) electrons. The Morgan fingerprint density at radius 1 is 1.12 bits per heavy atom. The van der Waals surface area contributed by atoms with E-state index in [9.17, 15) is 4.79 Å². The van der Waals surface area contributed by atoms with E-state index in [1.165, 1.54) is 0 Å². The van der Waals surface area contributed by atoms with E-state index in [0.717, 1.165) is 39.3 Å². The number of aromatic amines is 1. The van der Waals surface area contributed by atoms with Gasteiger partial charge in [0, 0.05) is 43.7 Å². The summed E-state index contributed by atoms with van der Waals surface area (Å²) >= 11 is 0. The first kappa shape index (κ1) is 22.3. The van der Waals surface area contributed by atoms with Crippen LogP contribution in [0, 0.1) is 6.92 Å². The number of benzene rings is 2. The van der Waals surface area contributed by atoms with Gasteiger partial charge in [-0.2, -0.15) is 0 Å². The maximum absolute atomic E-state index is 13.1. The molecule has 2 aromatic heterocycles. The van der Waals surface area contributed by atoms with Crippen molar-refractivity contribution in [2.24, 2.45) is 0 Å². The van der Waals surface area contributed by atoms with Crippen molar-refractivity contribution in [1.82, 2.24) is 20.3 Å². The number of carbonyl (C=O) groups excluding carboxylic acids is 1. The lowest BCUT2D eigenvalue weighted by Crippen LogP contribution is -2.32. The van der Waals surface area contributed by atoms with Crippen molar-refractivity contribution in [1.29, 1.82) is 0 Å². The van der Waals surface area contributed by atoms with Crippen molar-refractivity contribution < 1.29 is 9.53 Å². The number of aromatic nitrogens is 3. The van der Waals surface area contributed by atoms with Gasteiger partial charge in [-0.15, -0.1) is 0 Å². The Balaban J connectivity index is 1.64. The van der Waals surface area contributed by atoms with Gasteiger partial charge >= 0.3 is 0 Å². The number of H-pyrrole nitrogens is 1. The fourth-order valence-corrected chi connectivity index (χ4v) is 3.95. The van der Waals surface area contributed by atoms with Crippen LogP contribution in [0.25, 0.3) is 10.9 Å². The SMILES string of the molecule is COc1cccc(CC(=O)NC(Cc2c[nH]c3ccccc23)c2cc(N(C)C)nc(C)n2)c1. The summed E-state index contributed by atoms with van der Waals surface area (Å²) in [4.78, 5) is 27.5. The minimum Gasteiger partial charge on any atom is -0.497 e. The maximum Gasteiger partial charge on any atom is 0.224 e. The van der Waals surface area contributed by atoms with E-state index >= 15 is 0 Å². The molecule has 33 heavy (non-hydrogen) atoms. The summed E-state index contributed by atoms with van der Waals surface area (Å²) in [6, 6.07) is 17.4. The van der Waals surface area contributed by atoms with Crippen LogP contribution in [0.1, 0.15) is 28.7 Å². The zero-order valence-electron chi connectivity index (χ0n) is 19.4. The summed E-state index contributed by atoms with van der Waals surface area (Å²) in [7, 11) is 5.51. The Labute approximate surface area is 193 Å². The van der Waals surface area contributed by atoms with Crippen LogP contribution in [0.3, 0.4) is 0 Å². The zero-order valence-corrected chi connectivity index (χ0v) is 19.4. The molecule has 0 aliphatic rings. The van der Waals surface area contributed by atoms with Gasteiger partial charge in [0.05, 0.1) is 25.3 Å². The molecule has 1 atom stereocenters. The van der Waals surface area contributed by atoms with Gasteiger partial charge in [-0.3, -0.25) is 4.79 Å². The zero-order chi connectivity index (χ0) is 23.4. The van der Waals surface area contributed by atoms with Gasteiger partial charge in [-0.1, -0.05) is 30.3 Å². The van der Waals surface area contributed by atoms with Gasteiger partial charge in [0.2, 0.25) is 5.91 Å². The Kier molecular flexibility index (Phi) is 6.58. The highest BCUT2D eigenvalue weighted by atomic mass is 16.5. The lowest BCUT2D eigenvalue weighted by atomic mass is 10.0. The average molecular weight is 444 g/mol. The number of carbonyl (C=O) groups is 1. The van der Waals surface area contributed by atoms with Gasteiger partial charge < -0.3 is 19.9 Å². The number of hydrogen-bond acceptors (Lipinski definition) is 5. The fourth-order valence-electron chi connectivity index (χ4n) is 3.95. The fraction of sp³-hybridized carbons (Fsp3) is 0.269. The van der Waals surface area contributed by atoms with Crippen molar-refractivity contribution in [3.8, 4) is 5.75 Å². The number of anilines is 1. The van der Waals surface area contributed by atoms with Crippen molar-refractivity contribution in [2.45, 2.75) is 25.8 Å². The van der Waals surface area contributed by atoms with E-state index in [1.807, 2.05) is 80.6 Å². The minimum absolute atomic E-state index is 0.0734. The van der Waals surface area contributed by atoms with E-state index in [4.69, 9.17) is 4.74 Å². The highest BCUT2D eigenvalue weighted by molar-refractivity contribution is 5.83. The molecule has 0 aliphatic heterocycles. The Morgan fingerprint density at radius 3 is 2.73 bits per heavy atom. The van der Waals surface area contributed by atoms with Gasteiger partial charge in [0.1, 0.15) is 17.4 Å². The lowest BCUT2D eigenvalue weighted by molar-refractivity contribution is -0.121. The van der Waals surface area contributed by atoms with Crippen LogP contribution in [-0.4, -0.2) is 42.1 Å². The van der Waals surface area contributed by atoms with Gasteiger partial charge in [-0.05, 0) is 36.2 Å². The summed E-state index contributed by atoms with van der Waals surface area (Å²) < 4.78 is 5.29. The van der Waals surface area contributed by atoms with Gasteiger partial charge in [-0.25, -0.2) is 9.97 Å². The number of nitrogens with one attached hydrogen (secondary N) is 2. The van der Waals surface area contributed by atoms with Crippen LogP contribution in [0.5, 0.6) is 5.75 Å². The Morgan fingerprint density at radius 2 is 1.94 bits per heavy atom. The van der Waals surface area contributed by atoms with Crippen LogP contribution in [0.2, 0.25) is 0 Å². The van der Waals surface area contributed by atoms with E-state index in [-0.39, 0.29) is 18.4 Å². The summed E-state index contributed by atoms with van der Waals surface area (Å²) in [5.41, 5.74) is 3.88. The number of fused-ring (bicyclic) bond motifs is 1. The van der Waals surface area contributed by atoms with Crippen LogP contribution in [-0.2, 0) is 17.6 Å². The molecule has 0 spiro atoms. The second-order valence-electron chi connectivity index (χ2n) is 8.30. The number of nitrogens with zero attached hydrogens (tertiary/aromatic N) is 3. The molecule has 2 aromatic carbocycles.